The summed E-state index contributed by atoms with van der Waals surface area (Å²) < 4.78 is 46.5. The van der Waals surface area contributed by atoms with Crippen LogP contribution in [0.3, 0.4) is 0 Å². The van der Waals surface area contributed by atoms with Crippen molar-refractivity contribution in [3.63, 3.8) is 0 Å². The highest BCUT2D eigenvalue weighted by Gasteiger charge is 2.41. The molecule has 1 unspecified atom stereocenters. The van der Waals surface area contributed by atoms with Gasteiger partial charge in [0, 0.05) is 13.1 Å². The predicted molar refractivity (Wildman–Crippen MR) is 115 cm³/mol. The molecule has 5 rings (SSSR count). The quantitative estimate of drug-likeness (QED) is 0.606. The van der Waals surface area contributed by atoms with Crippen LogP contribution in [0.25, 0.3) is 10.3 Å². The number of benzene rings is 1. The number of anilines is 1. The molecule has 2 aliphatic heterocycles. The number of hydrogen-bond acceptors (Lipinski definition) is 7. The summed E-state index contributed by atoms with van der Waals surface area (Å²) in [5, 5.41) is 3.23. The Balaban J connectivity index is 1.45. The Morgan fingerprint density at radius 2 is 1.97 bits per heavy atom. The molecule has 2 aromatic heterocycles. The number of nitrogens with one attached hydrogen (secondary N) is 1. The van der Waals surface area contributed by atoms with Gasteiger partial charge in [-0.2, -0.15) is 13.2 Å². The minimum Gasteiger partial charge on any atom is -0.377 e. The molecule has 2 saturated heterocycles. The van der Waals surface area contributed by atoms with Crippen LogP contribution in [-0.4, -0.2) is 46.2 Å². The zero-order chi connectivity index (χ0) is 23.2. The second kappa shape index (κ2) is 8.41. The number of alkyl halides is 3. The average molecular weight is 479 g/mol. The minimum atomic E-state index is -4.79. The first kappa shape index (κ1) is 21.8. The molecular weight excluding hydrogens is 459 g/mol. The van der Waals surface area contributed by atoms with E-state index in [4.69, 9.17) is 4.74 Å². The molecule has 2 aliphatic rings. The summed E-state index contributed by atoms with van der Waals surface area (Å²) in [6, 6.07) is 8.23. The Kier molecular flexibility index (Phi) is 5.57. The summed E-state index contributed by atoms with van der Waals surface area (Å²) in [5.74, 6) is -1.44. The number of ether oxygens (including phenoxy) is 1. The van der Waals surface area contributed by atoms with Gasteiger partial charge in [0.15, 0.2) is 15.5 Å². The summed E-state index contributed by atoms with van der Waals surface area (Å²) >= 11 is 0.900. The van der Waals surface area contributed by atoms with Crippen molar-refractivity contribution in [2.45, 2.75) is 37.6 Å². The van der Waals surface area contributed by atoms with Gasteiger partial charge in [-0.05, 0) is 18.4 Å². The maximum absolute atomic E-state index is 13.6. The third-order valence-corrected chi connectivity index (χ3v) is 6.79. The molecule has 1 amide bonds. The summed E-state index contributed by atoms with van der Waals surface area (Å²) in [7, 11) is 0. The molecule has 1 N–H and O–H groups in total. The first-order valence-corrected chi connectivity index (χ1v) is 11.3. The fourth-order valence-electron chi connectivity index (χ4n) is 4.08. The molecule has 1 atom stereocenters. The van der Waals surface area contributed by atoms with E-state index in [9.17, 15) is 22.8 Å². The number of rotatable bonds is 5. The van der Waals surface area contributed by atoms with Gasteiger partial charge in [-0.3, -0.25) is 14.2 Å². The van der Waals surface area contributed by atoms with Gasteiger partial charge >= 0.3 is 6.18 Å². The zero-order valence-electron chi connectivity index (χ0n) is 17.3. The lowest BCUT2D eigenvalue weighted by Crippen LogP contribution is -2.43. The first-order chi connectivity index (χ1) is 15.8. The van der Waals surface area contributed by atoms with E-state index in [2.05, 4.69) is 15.3 Å². The summed E-state index contributed by atoms with van der Waals surface area (Å²) in [6.07, 6.45) is -3.48. The van der Waals surface area contributed by atoms with Crippen LogP contribution < -0.4 is 15.8 Å². The van der Waals surface area contributed by atoms with Crippen LogP contribution in [0, 0.1) is 0 Å². The van der Waals surface area contributed by atoms with Gasteiger partial charge in [0.25, 0.3) is 5.56 Å². The van der Waals surface area contributed by atoms with Gasteiger partial charge in [0.2, 0.25) is 11.7 Å². The maximum atomic E-state index is 13.6. The number of thiazole rings is 1. The summed E-state index contributed by atoms with van der Waals surface area (Å²) in [5.41, 5.74) is -0.00238. The number of amides is 1. The van der Waals surface area contributed by atoms with Crippen molar-refractivity contribution in [1.29, 1.82) is 0 Å². The Labute approximate surface area is 190 Å². The van der Waals surface area contributed by atoms with Crippen LogP contribution in [0.15, 0.2) is 35.1 Å². The highest BCUT2D eigenvalue weighted by molar-refractivity contribution is 7.21. The highest BCUT2D eigenvalue weighted by Crippen LogP contribution is 2.35. The van der Waals surface area contributed by atoms with Crippen molar-refractivity contribution in [3.8, 4) is 0 Å². The van der Waals surface area contributed by atoms with Crippen LogP contribution in [0.1, 0.15) is 30.3 Å². The second-order valence-electron chi connectivity index (χ2n) is 8.00. The number of carbonyl (C=O) groups excluding carboxylic acids is 1. The molecule has 8 nitrogen and oxygen atoms in total. The van der Waals surface area contributed by atoms with E-state index in [1.165, 1.54) is 0 Å². The van der Waals surface area contributed by atoms with Crippen molar-refractivity contribution < 1.29 is 22.7 Å². The van der Waals surface area contributed by atoms with Gasteiger partial charge in [-0.15, -0.1) is 0 Å². The predicted octanol–water partition coefficient (Wildman–Crippen LogP) is 2.73. The lowest BCUT2D eigenvalue weighted by Gasteiger charge is -2.29. The van der Waals surface area contributed by atoms with E-state index in [1.54, 1.807) is 4.90 Å². The highest BCUT2D eigenvalue weighted by atomic mass is 32.1. The fourth-order valence-corrected chi connectivity index (χ4v) is 5.09. The molecule has 4 heterocycles. The lowest BCUT2D eigenvalue weighted by molar-refractivity contribution is -0.152. The molecule has 0 bridgehead atoms. The van der Waals surface area contributed by atoms with E-state index in [0.717, 1.165) is 23.3 Å². The third-order valence-electron chi connectivity index (χ3n) is 5.80. The van der Waals surface area contributed by atoms with E-state index in [-0.39, 0.29) is 29.5 Å². The number of fused-ring (bicyclic) bond motifs is 1. The van der Waals surface area contributed by atoms with Crippen LogP contribution in [-0.2, 0) is 22.3 Å². The Morgan fingerprint density at radius 1 is 1.21 bits per heavy atom. The van der Waals surface area contributed by atoms with E-state index in [0.29, 0.717) is 29.2 Å². The van der Waals surface area contributed by atoms with Crippen molar-refractivity contribution in [2.24, 2.45) is 0 Å². The molecule has 0 saturated carbocycles. The topological polar surface area (TPSA) is 89.4 Å². The van der Waals surface area contributed by atoms with Gasteiger partial charge < -0.3 is 15.0 Å². The van der Waals surface area contributed by atoms with Crippen molar-refractivity contribution in [3.05, 3.63) is 52.1 Å². The number of aromatic nitrogens is 3. The first-order valence-electron chi connectivity index (χ1n) is 10.5. The monoisotopic (exact) mass is 479 g/mol. The minimum absolute atomic E-state index is 0.0168. The van der Waals surface area contributed by atoms with Gasteiger partial charge in [0.1, 0.15) is 6.04 Å². The fraction of sp³-hybridized carbons (Fsp3) is 0.429. The molecule has 0 radical (unpaired) electrons. The van der Waals surface area contributed by atoms with Gasteiger partial charge in [-0.25, -0.2) is 9.97 Å². The lowest BCUT2D eigenvalue weighted by atomic mass is 10.2. The summed E-state index contributed by atoms with van der Waals surface area (Å²) in [6.45, 7) is 0.917. The van der Waals surface area contributed by atoms with Crippen LogP contribution in [0.2, 0.25) is 0 Å². The number of nitrogens with zero attached hydrogens (tertiary/aromatic N) is 4. The van der Waals surface area contributed by atoms with E-state index < -0.39 is 29.6 Å². The molecule has 33 heavy (non-hydrogen) atoms. The number of carbonyl (C=O) groups is 1. The van der Waals surface area contributed by atoms with Crippen molar-refractivity contribution in [1.82, 2.24) is 19.9 Å². The van der Waals surface area contributed by atoms with Crippen molar-refractivity contribution >= 4 is 32.7 Å². The van der Waals surface area contributed by atoms with Crippen molar-refractivity contribution in [2.75, 3.05) is 24.7 Å². The van der Waals surface area contributed by atoms with Crippen LogP contribution in [0.4, 0.5) is 18.3 Å². The van der Waals surface area contributed by atoms with Gasteiger partial charge in [-0.1, -0.05) is 41.7 Å². The molecular formula is C21H20F3N5O3S. The molecule has 1 aromatic carbocycles. The number of halogens is 3. The SMILES string of the molecule is O=C(NCc1ccccc1)C1CCCN1c1nc2c(=O)n(C3COC3)c(C(F)(F)F)nc2s1. The molecule has 2 fully saturated rings. The molecule has 0 aliphatic carbocycles. The molecule has 12 heteroatoms. The normalized spacial score (nSPS) is 19.1. The summed E-state index contributed by atoms with van der Waals surface area (Å²) in [4.78, 5) is 35.5. The Hall–Kier alpha value is -2.99. The molecule has 0 spiro atoms. The van der Waals surface area contributed by atoms with E-state index >= 15 is 0 Å². The standard InChI is InChI=1S/C21H20F3N5O3S/c22-21(23,24)19-27-17-15(18(31)29(19)13-10-32-11-13)26-20(33-17)28-8-4-7-14(28)16(30)25-9-12-5-2-1-3-6-12/h1-3,5-6,13-14H,4,7-11H2,(H,25,30). The Morgan fingerprint density at radius 3 is 2.64 bits per heavy atom. The smallest absolute Gasteiger partial charge is 0.377 e. The van der Waals surface area contributed by atoms with E-state index in [1.807, 2.05) is 30.3 Å². The van der Waals surface area contributed by atoms with Crippen LogP contribution >= 0.6 is 11.3 Å². The molecule has 174 valence electrons. The average Bonchev–Trinajstić information content (AvgIpc) is 3.39. The Bertz CT molecular complexity index is 1240. The van der Waals surface area contributed by atoms with Gasteiger partial charge in [0.05, 0.1) is 19.3 Å². The second-order valence-corrected chi connectivity index (χ2v) is 8.96. The largest absolute Gasteiger partial charge is 0.449 e. The maximum Gasteiger partial charge on any atom is 0.449 e. The zero-order valence-corrected chi connectivity index (χ0v) is 18.2. The molecule has 3 aromatic rings. The van der Waals surface area contributed by atoms with Crippen LogP contribution in [0.5, 0.6) is 0 Å². The third kappa shape index (κ3) is 4.08. The number of hydrogen-bond donors (Lipinski definition) is 1.